The lowest BCUT2D eigenvalue weighted by atomic mass is 9.93. The number of carbonyl (C=O) groups excluding carboxylic acids is 2. The maximum Gasteiger partial charge on any atom is 0.237 e. The molecule has 3 N–H and O–H groups in total. The van der Waals surface area contributed by atoms with Crippen LogP contribution in [0.15, 0.2) is 71.3 Å². The topological polar surface area (TPSA) is 116 Å². The Kier molecular flexibility index (Phi) is 7.02. The number of rotatable bonds is 8. The minimum Gasteiger partial charge on any atom is -0.368 e. The maximum atomic E-state index is 13.4. The summed E-state index contributed by atoms with van der Waals surface area (Å²) in [6.07, 6.45) is 0.159. The zero-order chi connectivity index (χ0) is 27.7. The summed E-state index contributed by atoms with van der Waals surface area (Å²) in [6, 6.07) is 21.6. The summed E-state index contributed by atoms with van der Waals surface area (Å²) < 4.78 is 7.09. The summed E-state index contributed by atoms with van der Waals surface area (Å²) in [5.74, 6) is 0.548. The predicted molar refractivity (Wildman–Crippen MR) is 150 cm³/mol. The Morgan fingerprint density at radius 3 is 2.44 bits per heavy atom. The summed E-state index contributed by atoms with van der Waals surface area (Å²) in [4.78, 5) is 30.1. The van der Waals surface area contributed by atoms with E-state index in [-0.39, 0.29) is 24.9 Å². The first-order chi connectivity index (χ1) is 18.7. The van der Waals surface area contributed by atoms with Gasteiger partial charge in [-0.2, -0.15) is 0 Å². The molecule has 2 heterocycles. The van der Waals surface area contributed by atoms with Crippen molar-refractivity contribution in [2.75, 3.05) is 0 Å². The van der Waals surface area contributed by atoms with Gasteiger partial charge in [-0.15, -0.1) is 0 Å². The van der Waals surface area contributed by atoms with Crippen LogP contribution in [-0.2, 0) is 22.6 Å². The third-order valence-electron chi connectivity index (χ3n) is 6.92. The molecule has 0 saturated heterocycles. The van der Waals surface area contributed by atoms with Crippen molar-refractivity contribution >= 4 is 22.8 Å². The second kappa shape index (κ2) is 10.6. The number of primary amides is 1. The van der Waals surface area contributed by atoms with Crippen LogP contribution >= 0.6 is 0 Å². The molecule has 0 aliphatic rings. The van der Waals surface area contributed by atoms with Crippen LogP contribution in [0.25, 0.3) is 22.4 Å². The van der Waals surface area contributed by atoms with E-state index in [1.54, 1.807) is 11.5 Å². The van der Waals surface area contributed by atoms with E-state index in [9.17, 15) is 9.59 Å². The van der Waals surface area contributed by atoms with Crippen LogP contribution in [0.3, 0.4) is 0 Å². The number of carbonyl (C=O) groups is 2. The van der Waals surface area contributed by atoms with Gasteiger partial charge in [-0.1, -0.05) is 65.3 Å². The Balaban J connectivity index is 1.48. The largest absolute Gasteiger partial charge is 0.368 e. The fraction of sp³-hybridized carbons (Fsp3) is 0.226. The molecule has 198 valence electrons. The Hall–Kier alpha value is -4.72. The van der Waals surface area contributed by atoms with Crippen molar-refractivity contribution in [3.63, 3.8) is 0 Å². The summed E-state index contributed by atoms with van der Waals surface area (Å²) >= 11 is 0. The summed E-state index contributed by atoms with van der Waals surface area (Å²) in [5.41, 5.74) is 13.5. The van der Waals surface area contributed by atoms with E-state index < -0.39 is 5.91 Å². The highest BCUT2D eigenvalue weighted by Crippen LogP contribution is 2.31. The number of aromatic nitrogens is 3. The van der Waals surface area contributed by atoms with Crippen molar-refractivity contribution in [1.29, 1.82) is 0 Å². The molecule has 2 aromatic heterocycles. The van der Waals surface area contributed by atoms with E-state index in [2.05, 4.69) is 42.5 Å². The molecule has 0 aliphatic heterocycles. The van der Waals surface area contributed by atoms with Crippen molar-refractivity contribution in [3.8, 4) is 11.4 Å². The molecule has 1 unspecified atom stereocenters. The highest BCUT2D eigenvalue weighted by atomic mass is 16.5. The van der Waals surface area contributed by atoms with Crippen LogP contribution in [0.4, 0.5) is 0 Å². The van der Waals surface area contributed by atoms with Gasteiger partial charge >= 0.3 is 0 Å². The molecular weight excluding hydrogens is 490 g/mol. The number of aryl methyl sites for hydroxylation is 4. The van der Waals surface area contributed by atoms with Gasteiger partial charge in [0, 0.05) is 0 Å². The lowest BCUT2D eigenvalue weighted by molar-refractivity contribution is -0.121. The van der Waals surface area contributed by atoms with Gasteiger partial charge in [-0.3, -0.25) is 9.59 Å². The van der Waals surface area contributed by atoms with Gasteiger partial charge in [0.05, 0.1) is 34.8 Å². The summed E-state index contributed by atoms with van der Waals surface area (Å²) in [6.45, 7) is 7.69. The second-order valence-corrected chi connectivity index (χ2v) is 9.96. The summed E-state index contributed by atoms with van der Waals surface area (Å²) in [7, 11) is 0. The van der Waals surface area contributed by atoms with E-state index in [4.69, 9.17) is 15.2 Å². The molecule has 0 saturated carbocycles. The van der Waals surface area contributed by atoms with Crippen LogP contribution in [0.5, 0.6) is 0 Å². The molecule has 3 aromatic carbocycles. The number of fused-ring (bicyclic) bond motifs is 1. The van der Waals surface area contributed by atoms with Crippen molar-refractivity contribution in [2.45, 2.75) is 46.7 Å². The Morgan fingerprint density at radius 1 is 1.00 bits per heavy atom. The summed E-state index contributed by atoms with van der Waals surface area (Å²) in [5, 5.41) is 7.27. The highest BCUT2D eigenvalue weighted by molar-refractivity contribution is 5.87. The smallest absolute Gasteiger partial charge is 0.237 e. The van der Waals surface area contributed by atoms with Crippen LogP contribution in [0.2, 0.25) is 0 Å². The van der Waals surface area contributed by atoms with Crippen LogP contribution in [0.1, 0.15) is 45.3 Å². The molecule has 0 radical (unpaired) electrons. The number of nitrogens with zero attached hydrogens (tertiary/aromatic N) is 3. The van der Waals surface area contributed by atoms with E-state index in [1.165, 1.54) is 5.56 Å². The minimum absolute atomic E-state index is 0.0612. The molecule has 0 spiro atoms. The van der Waals surface area contributed by atoms with E-state index >= 15 is 0 Å². The molecule has 5 rings (SSSR count). The first-order valence-electron chi connectivity index (χ1n) is 12.8. The highest BCUT2D eigenvalue weighted by Gasteiger charge is 2.22. The van der Waals surface area contributed by atoms with Crippen LogP contribution in [0, 0.1) is 27.7 Å². The number of imidazole rings is 1. The van der Waals surface area contributed by atoms with Gasteiger partial charge in [0.25, 0.3) is 0 Å². The zero-order valence-electron chi connectivity index (χ0n) is 22.5. The van der Waals surface area contributed by atoms with Crippen molar-refractivity contribution < 1.29 is 14.1 Å². The lowest BCUT2D eigenvalue weighted by Gasteiger charge is -2.22. The maximum absolute atomic E-state index is 13.4. The van der Waals surface area contributed by atoms with E-state index in [0.717, 1.165) is 27.8 Å². The van der Waals surface area contributed by atoms with Gasteiger partial charge in [0.1, 0.15) is 18.1 Å². The van der Waals surface area contributed by atoms with Crippen molar-refractivity contribution in [1.82, 2.24) is 20.0 Å². The van der Waals surface area contributed by atoms with Crippen LogP contribution in [-0.4, -0.2) is 26.5 Å². The van der Waals surface area contributed by atoms with E-state index in [1.807, 2.05) is 55.5 Å². The predicted octanol–water partition coefficient (Wildman–Crippen LogP) is 4.86. The Morgan fingerprint density at radius 2 is 1.77 bits per heavy atom. The first-order valence-corrected chi connectivity index (χ1v) is 12.8. The average Bonchev–Trinajstić information content (AvgIpc) is 3.41. The fourth-order valence-corrected chi connectivity index (χ4v) is 5.12. The number of hydrogen-bond acceptors (Lipinski definition) is 5. The molecule has 1 atom stereocenters. The van der Waals surface area contributed by atoms with Gasteiger partial charge in [-0.25, -0.2) is 4.98 Å². The molecule has 0 bridgehead atoms. The molecular formula is C31H31N5O3. The van der Waals surface area contributed by atoms with Crippen molar-refractivity contribution in [2.24, 2.45) is 5.73 Å². The van der Waals surface area contributed by atoms with Crippen LogP contribution < -0.4 is 11.1 Å². The molecule has 8 nitrogen and oxygen atoms in total. The van der Waals surface area contributed by atoms with Gasteiger partial charge in [0.2, 0.25) is 11.8 Å². The fourth-order valence-electron chi connectivity index (χ4n) is 5.12. The third-order valence-corrected chi connectivity index (χ3v) is 6.92. The lowest BCUT2D eigenvalue weighted by Crippen LogP contribution is -2.31. The first kappa shape index (κ1) is 25.9. The van der Waals surface area contributed by atoms with Gasteiger partial charge < -0.3 is 20.1 Å². The molecule has 2 amide bonds. The monoisotopic (exact) mass is 521 g/mol. The molecule has 8 heteroatoms. The quantitative estimate of drug-likeness (QED) is 0.303. The molecule has 0 aliphatic carbocycles. The zero-order valence-corrected chi connectivity index (χ0v) is 22.5. The number of benzene rings is 3. The SMILES string of the molecule is Cc1ccc(C(NC(=O)Cc2ccc3nc(-c4c(C)noc4C)n(CC(N)=O)c3c2)c2ccccc2)c(C)c1. The standard InChI is InChI=1S/C31H31N5O3/c1-18-10-12-24(19(2)14-18)30(23-8-6-5-7-9-23)34-28(38)16-22-11-13-25-26(15-22)36(17-27(32)37)31(33-25)29-20(3)35-39-21(29)4/h5-15,30H,16-17H2,1-4H3,(H2,32,37)(H,34,38). The number of amides is 2. The number of nitrogens with one attached hydrogen (secondary N) is 1. The Labute approximate surface area is 226 Å². The normalized spacial score (nSPS) is 12.0. The molecule has 5 aromatic rings. The second-order valence-electron chi connectivity index (χ2n) is 9.96. The van der Waals surface area contributed by atoms with Gasteiger partial charge in [0.15, 0.2) is 0 Å². The molecule has 39 heavy (non-hydrogen) atoms. The Bertz CT molecular complexity index is 1660. The van der Waals surface area contributed by atoms with Crippen molar-refractivity contribution in [3.05, 3.63) is 106 Å². The van der Waals surface area contributed by atoms with E-state index in [0.29, 0.717) is 28.3 Å². The third kappa shape index (κ3) is 5.31. The number of hydrogen-bond donors (Lipinski definition) is 2. The van der Waals surface area contributed by atoms with Gasteiger partial charge in [-0.05, 0) is 62.1 Å². The average molecular weight is 522 g/mol. The minimum atomic E-state index is -0.496. The molecule has 0 fully saturated rings. The number of nitrogens with two attached hydrogens (primary N) is 1.